The molecule has 0 unspecified atom stereocenters. The number of nitrogens with one attached hydrogen (secondary N) is 3. The molecule has 0 bridgehead atoms. The number of carbonyl (C=O) groups excluding carboxylic acids is 1. The summed E-state index contributed by atoms with van der Waals surface area (Å²) in [6.07, 6.45) is 8.28. The van der Waals surface area contributed by atoms with Crippen molar-refractivity contribution in [3.63, 3.8) is 0 Å². The Morgan fingerprint density at radius 3 is 2.74 bits per heavy atom. The van der Waals surface area contributed by atoms with Crippen LogP contribution in [0, 0.1) is 0 Å². The molecule has 1 amide bonds. The number of rotatable bonds is 7. The van der Waals surface area contributed by atoms with E-state index in [1.54, 1.807) is 0 Å². The van der Waals surface area contributed by atoms with Gasteiger partial charge in [-0.2, -0.15) is 0 Å². The minimum atomic E-state index is 0.115. The molecular weight excluding hydrogens is 340 g/mol. The standard InChI is InChI=1S/C20H34N6O/c1-21-18-11-17(24-20(25-18)15-7-6-10-22-12-15)13-26(2)14-19(27)23-16-8-4-3-5-9-16/h11,15-16,22H,3-10,12-14H2,1-2H3,(H,23,27)(H,21,24,25)/t15-/m1/s1. The van der Waals surface area contributed by atoms with E-state index in [4.69, 9.17) is 4.98 Å². The van der Waals surface area contributed by atoms with Crippen molar-refractivity contribution >= 4 is 11.7 Å². The summed E-state index contributed by atoms with van der Waals surface area (Å²) in [5, 5.41) is 9.77. The lowest BCUT2D eigenvalue weighted by atomic mass is 9.95. The maximum absolute atomic E-state index is 12.3. The number of hydrogen-bond acceptors (Lipinski definition) is 6. The summed E-state index contributed by atoms with van der Waals surface area (Å²) in [6, 6.07) is 2.34. The van der Waals surface area contributed by atoms with E-state index in [0.717, 1.165) is 56.1 Å². The zero-order valence-electron chi connectivity index (χ0n) is 16.8. The van der Waals surface area contributed by atoms with E-state index >= 15 is 0 Å². The summed E-state index contributed by atoms with van der Waals surface area (Å²) in [7, 11) is 3.86. The van der Waals surface area contributed by atoms with E-state index < -0.39 is 0 Å². The molecule has 1 saturated carbocycles. The highest BCUT2D eigenvalue weighted by atomic mass is 16.2. The molecule has 1 aromatic rings. The van der Waals surface area contributed by atoms with Gasteiger partial charge in [-0.15, -0.1) is 0 Å². The van der Waals surface area contributed by atoms with Gasteiger partial charge in [0.1, 0.15) is 11.6 Å². The quantitative estimate of drug-likeness (QED) is 0.676. The molecule has 2 fully saturated rings. The van der Waals surface area contributed by atoms with Crippen LogP contribution in [0.2, 0.25) is 0 Å². The minimum absolute atomic E-state index is 0.115. The van der Waals surface area contributed by atoms with Crippen LogP contribution in [0.5, 0.6) is 0 Å². The van der Waals surface area contributed by atoms with Crippen LogP contribution in [-0.4, -0.2) is 60.5 Å². The van der Waals surface area contributed by atoms with Crippen molar-refractivity contribution in [1.29, 1.82) is 0 Å². The van der Waals surface area contributed by atoms with Crippen LogP contribution in [-0.2, 0) is 11.3 Å². The van der Waals surface area contributed by atoms with Gasteiger partial charge in [0.05, 0.1) is 12.2 Å². The van der Waals surface area contributed by atoms with Crippen LogP contribution in [0.15, 0.2) is 6.07 Å². The number of anilines is 1. The maximum atomic E-state index is 12.3. The highest BCUT2D eigenvalue weighted by molar-refractivity contribution is 5.78. The Hall–Kier alpha value is -1.73. The summed E-state index contributed by atoms with van der Waals surface area (Å²) in [5.41, 5.74) is 0.961. The molecule has 2 aliphatic rings. The third-order valence-corrected chi connectivity index (χ3v) is 5.53. The van der Waals surface area contributed by atoms with Gasteiger partial charge in [0.15, 0.2) is 0 Å². The Morgan fingerprint density at radius 1 is 1.22 bits per heavy atom. The van der Waals surface area contributed by atoms with Gasteiger partial charge in [0, 0.05) is 38.2 Å². The van der Waals surface area contributed by atoms with Crippen LogP contribution in [0.3, 0.4) is 0 Å². The van der Waals surface area contributed by atoms with E-state index in [-0.39, 0.29) is 5.91 Å². The number of amides is 1. The molecule has 150 valence electrons. The van der Waals surface area contributed by atoms with Gasteiger partial charge in [-0.1, -0.05) is 19.3 Å². The Morgan fingerprint density at radius 2 is 2.04 bits per heavy atom. The highest BCUT2D eigenvalue weighted by Gasteiger charge is 2.20. The van der Waals surface area contributed by atoms with Gasteiger partial charge in [0.25, 0.3) is 0 Å². The van der Waals surface area contributed by atoms with Gasteiger partial charge >= 0.3 is 0 Å². The Labute approximate surface area is 162 Å². The molecule has 1 aromatic heterocycles. The lowest BCUT2D eigenvalue weighted by molar-refractivity contribution is -0.123. The summed E-state index contributed by atoms with van der Waals surface area (Å²) in [6.45, 7) is 3.05. The van der Waals surface area contributed by atoms with E-state index in [1.165, 1.54) is 19.3 Å². The summed E-state index contributed by atoms with van der Waals surface area (Å²) in [4.78, 5) is 23.8. The van der Waals surface area contributed by atoms with Gasteiger partial charge in [-0.05, 0) is 39.3 Å². The first-order valence-electron chi connectivity index (χ1n) is 10.4. The van der Waals surface area contributed by atoms with Crippen molar-refractivity contribution in [2.24, 2.45) is 0 Å². The van der Waals surface area contributed by atoms with Crippen molar-refractivity contribution in [2.45, 2.75) is 63.5 Å². The topological polar surface area (TPSA) is 82.2 Å². The number of hydrogen-bond donors (Lipinski definition) is 3. The molecule has 7 heteroatoms. The van der Waals surface area contributed by atoms with Gasteiger partial charge in [0.2, 0.25) is 5.91 Å². The largest absolute Gasteiger partial charge is 0.373 e. The van der Waals surface area contributed by atoms with Gasteiger partial charge in [-0.3, -0.25) is 9.69 Å². The monoisotopic (exact) mass is 374 g/mol. The first-order chi connectivity index (χ1) is 13.1. The molecule has 2 heterocycles. The molecule has 3 N–H and O–H groups in total. The fourth-order valence-electron chi connectivity index (χ4n) is 4.08. The molecular formula is C20H34N6O. The SMILES string of the molecule is CNc1cc(CN(C)CC(=O)NC2CCCCC2)nc([C@@H]2CCCNC2)n1. The predicted molar refractivity (Wildman–Crippen MR) is 108 cm³/mol. The van der Waals surface area contributed by atoms with Crippen molar-refractivity contribution < 1.29 is 4.79 Å². The third-order valence-electron chi connectivity index (χ3n) is 5.53. The van der Waals surface area contributed by atoms with Crippen LogP contribution in [0.4, 0.5) is 5.82 Å². The summed E-state index contributed by atoms with van der Waals surface area (Å²) in [5.74, 6) is 2.24. The zero-order chi connectivity index (χ0) is 19.1. The Kier molecular flexibility index (Phi) is 7.41. The number of piperidine rings is 1. The summed E-state index contributed by atoms with van der Waals surface area (Å²) < 4.78 is 0. The maximum Gasteiger partial charge on any atom is 0.234 e. The first-order valence-corrected chi connectivity index (χ1v) is 10.4. The minimum Gasteiger partial charge on any atom is -0.373 e. The molecule has 0 aromatic carbocycles. The van der Waals surface area contributed by atoms with E-state index in [0.29, 0.717) is 25.0 Å². The third kappa shape index (κ3) is 6.14. The second-order valence-corrected chi connectivity index (χ2v) is 7.97. The van der Waals surface area contributed by atoms with Crippen LogP contribution < -0.4 is 16.0 Å². The van der Waals surface area contributed by atoms with Gasteiger partial charge < -0.3 is 16.0 Å². The second-order valence-electron chi connectivity index (χ2n) is 7.97. The van der Waals surface area contributed by atoms with Crippen LogP contribution >= 0.6 is 0 Å². The smallest absolute Gasteiger partial charge is 0.234 e. The number of carbonyl (C=O) groups is 1. The second kappa shape index (κ2) is 9.99. The fraction of sp³-hybridized carbons (Fsp3) is 0.750. The van der Waals surface area contributed by atoms with Crippen LogP contribution in [0.25, 0.3) is 0 Å². The van der Waals surface area contributed by atoms with E-state index in [9.17, 15) is 4.79 Å². The van der Waals surface area contributed by atoms with Crippen molar-refractivity contribution in [2.75, 3.05) is 39.0 Å². The fourth-order valence-corrected chi connectivity index (χ4v) is 4.08. The Bertz CT molecular complexity index is 610. The number of nitrogens with zero attached hydrogens (tertiary/aromatic N) is 3. The van der Waals surface area contributed by atoms with E-state index in [2.05, 4.69) is 20.9 Å². The van der Waals surface area contributed by atoms with E-state index in [1.807, 2.05) is 25.1 Å². The molecule has 1 atom stereocenters. The van der Waals surface area contributed by atoms with Crippen LogP contribution in [0.1, 0.15) is 62.4 Å². The van der Waals surface area contributed by atoms with Crippen molar-refractivity contribution in [3.8, 4) is 0 Å². The van der Waals surface area contributed by atoms with Crippen molar-refractivity contribution in [1.82, 2.24) is 25.5 Å². The lowest BCUT2D eigenvalue weighted by Gasteiger charge is -2.25. The molecule has 27 heavy (non-hydrogen) atoms. The molecule has 0 radical (unpaired) electrons. The molecule has 3 rings (SSSR count). The first kappa shape index (κ1) is 20.0. The number of likely N-dealkylation sites (N-methyl/N-ethyl adjacent to an activating group) is 1. The predicted octanol–water partition coefficient (Wildman–Crippen LogP) is 1.87. The molecule has 0 spiro atoms. The van der Waals surface area contributed by atoms with Gasteiger partial charge in [-0.25, -0.2) is 9.97 Å². The highest BCUT2D eigenvalue weighted by Crippen LogP contribution is 2.22. The average Bonchev–Trinajstić information content (AvgIpc) is 2.69. The molecule has 1 aliphatic heterocycles. The van der Waals surface area contributed by atoms with Crippen molar-refractivity contribution in [3.05, 3.63) is 17.6 Å². The number of aromatic nitrogens is 2. The molecule has 1 saturated heterocycles. The normalized spacial score (nSPS) is 21.2. The lowest BCUT2D eigenvalue weighted by Crippen LogP contribution is -2.41. The average molecular weight is 375 g/mol. The zero-order valence-corrected chi connectivity index (χ0v) is 16.8. The summed E-state index contributed by atoms with van der Waals surface area (Å²) >= 11 is 0. The molecule has 7 nitrogen and oxygen atoms in total. The Balaban J connectivity index is 1.57. The molecule has 1 aliphatic carbocycles.